The van der Waals surface area contributed by atoms with Crippen molar-refractivity contribution in [1.82, 2.24) is 10.2 Å². The maximum absolute atomic E-state index is 5.59. The van der Waals surface area contributed by atoms with Gasteiger partial charge in [-0.25, -0.2) is 0 Å². The molecule has 1 N–H and O–H groups in total. The Labute approximate surface area is 92.9 Å². The highest BCUT2D eigenvalue weighted by molar-refractivity contribution is 4.85. The Hall–Kier alpha value is -0.160. The van der Waals surface area contributed by atoms with Crippen LogP contribution in [-0.4, -0.2) is 64.1 Å². The fourth-order valence-corrected chi connectivity index (χ4v) is 2.27. The molecular weight excluding hydrogens is 192 g/mol. The van der Waals surface area contributed by atoms with Crippen molar-refractivity contribution in [1.29, 1.82) is 0 Å². The van der Waals surface area contributed by atoms with Gasteiger partial charge in [-0.05, 0) is 27.4 Å². The predicted molar refractivity (Wildman–Crippen MR) is 61.2 cm³/mol. The lowest BCUT2D eigenvalue weighted by Gasteiger charge is -2.34. The lowest BCUT2D eigenvalue weighted by molar-refractivity contribution is 0.0411. The van der Waals surface area contributed by atoms with Crippen LogP contribution in [0.5, 0.6) is 0 Å². The Morgan fingerprint density at radius 1 is 1.60 bits per heavy atom. The van der Waals surface area contributed by atoms with Crippen LogP contribution in [0, 0.1) is 0 Å². The molecule has 0 spiro atoms. The summed E-state index contributed by atoms with van der Waals surface area (Å²) in [7, 11) is 5.90. The molecule has 3 unspecified atom stereocenters. The molecule has 4 nitrogen and oxygen atoms in total. The molecule has 1 fully saturated rings. The highest BCUT2D eigenvalue weighted by atomic mass is 16.5. The van der Waals surface area contributed by atoms with E-state index < -0.39 is 0 Å². The molecule has 15 heavy (non-hydrogen) atoms. The van der Waals surface area contributed by atoms with Crippen molar-refractivity contribution in [2.24, 2.45) is 0 Å². The van der Waals surface area contributed by atoms with Crippen LogP contribution in [0.1, 0.15) is 13.3 Å². The van der Waals surface area contributed by atoms with E-state index in [0.717, 1.165) is 26.2 Å². The van der Waals surface area contributed by atoms with Gasteiger partial charge in [0.2, 0.25) is 0 Å². The molecule has 0 aliphatic carbocycles. The molecule has 90 valence electrons. The molecule has 0 aromatic carbocycles. The van der Waals surface area contributed by atoms with Crippen LogP contribution in [0.4, 0.5) is 0 Å². The van der Waals surface area contributed by atoms with Crippen LogP contribution in [-0.2, 0) is 9.47 Å². The Morgan fingerprint density at radius 3 is 2.80 bits per heavy atom. The summed E-state index contributed by atoms with van der Waals surface area (Å²) in [5, 5.41) is 3.21. The van der Waals surface area contributed by atoms with Crippen molar-refractivity contribution in [2.75, 3.05) is 41.0 Å². The first-order chi connectivity index (χ1) is 7.20. The maximum atomic E-state index is 5.59. The van der Waals surface area contributed by atoms with E-state index in [9.17, 15) is 0 Å². The quantitative estimate of drug-likeness (QED) is 0.694. The number of ether oxygens (including phenoxy) is 2. The molecular formula is C11H24N2O2. The standard InChI is InChI=1S/C11H24N2O2/c1-9-11(5-6-15-9)13(3)10(7-12-2)8-14-4/h9-12H,5-8H2,1-4H3. The van der Waals surface area contributed by atoms with Gasteiger partial charge in [-0.3, -0.25) is 4.90 Å². The molecule has 1 rings (SSSR count). The maximum Gasteiger partial charge on any atom is 0.0703 e. The van der Waals surface area contributed by atoms with E-state index in [0.29, 0.717) is 18.2 Å². The van der Waals surface area contributed by atoms with E-state index in [2.05, 4.69) is 24.2 Å². The minimum atomic E-state index is 0.339. The SMILES string of the molecule is CNCC(COC)N(C)C1CCOC1C. The molecule has 0 radical (unpaired) electrons. The summed E-state index contributed by atoms with van der Waals surface area (Å²) in [4.78, 5) is 2.39. The number of hydrogen-bond acceptors (Lipinski definition) is 4. The number of hydrogen-bond donors (Lipinski definition) is 1. The van der Waals surface area contributed by atoms with Crippen LogP contribution in [0.15, 0.2) is 0 Å². The van der Waals surface area contributed by atoms with Crippen molar-refractivity contribution in [3.05, 3.63) is 0 Å². The van der Waals surface area contributed by atoms with E-state index in [1.54, 1.807) is 7.11 Å². The largest absolute Gasteiger partial charge is 0.383 e. The average Bonchev–Trinajstić information content (AvgIpc) is 2.63. The zero-order chi connectivity index (χ0) is 11.3. The summed E-state index contributed by atoms with van der Waals surface area (Å²) in [6.45, 7) is 4.75. The third-order valence-corrected chi connectivity index (χ3v) is 3.23. The van der Waals surface area contributed by atoms with Crippen molar-refractivity contribution in [2.45, 2.75) is 31.5 Å². The van der Waals surface area contributed by atoms with E-state index in [-0.39, 0.29) is 0 Å². The molecule has 4 heteroatoms. The molecule has 1 heterocycles. The number of nitrogens with one attached hydrogen (secondary N) is 1. The van der Waals surface area contributed by atoms with E-state index in [1.807, 2.05) is 7.05 Å². The zero-order valence-corrected chi connectivity index (χ0v) is 10.3. The van der Waals surface area contributed by atoms with Gasteiger partial charge >= 0.3 is 0 Å². The zero-order valence-electron chi connectivity index (χ0n) is 10.3. The van der Waals surface area contributed by atoms with Crippen molar-refractivity contribution >= 4 is 0 Å². The number of methoxy groups -OCH3 is 1. The summed E-state index contributed by atoms with van der Waals surface area (Å²) in [6.07, 6.45) is 1.47. The Morgan fingerprint density at radius 2 is 2.33 bits per heavy atom. The first kappa shape index (κ1) is 12.9. The molecule has 0 aromatic heterocycles. The summed E-state index contributed by atoms with van der Waals surface area (Å²) in [5.74, 6) is 0. The van der Waals surface area contributed by atoms with Crippen LogP contribution in [0.3, 0.4) is 0 Å². The predicted octanol–water partition coefficient (Wildman–Crippen LogP) is 0.330. The average molecular weight is 216 g/mol. The molecule has 0 amide bonds. The second kappa shape index (κ2) is 6.43. The van der Waals surface area contributed by atoms with Crippen LogP contribution < -0.4 is 5.32 Å². The first-order valence-corrected chi connectivity index (χ1v) is 5.67. The summed E-state index contributed by atoms with van der Waals surface area (Å²) in [6, 6.07) is 0.952. The fraction of sp³-hybridized carbons (Fsp3) is 1.00. The van der Waals surface area contributed by atoms with Crippen LogP contribution in [0.25, 0.3) is 0 Å². The van der Waals surface area contributed by atoms with E-state index >= 15 is 0 Å². The van der Waals surface area contributed by atoms with Crippen LogP contribution >= 0.6 is 0 Å². The van der Waals surface area contributed by atoms with Crippen molar-refractivity contribution in [3.8, 4) is 0 Å². The lowest BCUT2D eigenvalue weighted by Crippen LogP contribution is -2.49. The monoisotopic (exact) mass is 216 g/mol. The van der Waals surface area contributed by atoms with Gasteiger partial charge in [-0.1, -0.05) is 0 Å². The Balaban J connectivity index is 2.49. The molecule has 3 atom stereocenters. The number of rotatable bonds is 6. The Kier molecular flexibility index (Phi) is 5.53. The van der Waals surface area contributed by atoms with Gasteiger partial charge in [-0.15, -0.1) is 0 Å². The second-order valence-corrected chi connectivity index (χ2v) is 4.26. The topological polar surface area (TPSA) is 33.7 Å². The highest BCUT2D eigenvalue weighted by Gasteiger charge is 2.31. The van der Waals surface area contributed by atoms with Gasteiger partial charge in [0.25, 0.3) is 0 Å². The second-order valence-electron chi connectivity index (χ2n) is 4.26. The van der Waals surface area contributed by atoms with Gasteiger partial charge in [0, 0.05) is 32.3 Å². The van der Waals surface area contributed by atoms with Gasteiger partial charge in [0.1, 0.15) is 0 Å². The third kappa shape index (κ3) is 3.41. The van der Waals surface area contributed by atoms with Gasteiger partial charge in [0.05, 0.1) is 12.7 Å². The van der Waals surface area contributed by atoms with Gasteiger partial charge < -0.3 is 14.8 Å². The molecule has 1 aliphatic rings. The van der Waals surface area contributed by atoms with Crippen molar-refractivity contribution < 1.29 is 9.47 Å². The number of nitrogens with zero attached hydrogens (tertiary/aromatic N) is 1. The molecule has 0 bridgehead atoms. The third-order valence-electron chi connectivity index (χ3n) is 3.23. The van der Waals surface area contributed by atoms with Crippen LogP contribution in [0.2, 0.25) is 0 Å². The fourth-order valence-electron chi connectivity index (χ4n) is 2.27. The summed E-state index contributed by atoms with van der Waals surface area (Å²) >= 11 is 0. The summed E-state index contributed by atoms with van der Waals surface area (Å²) in [5.41, 5.74) is 0. The number of likely N-dealkylation sites (N-methyl/N-ethyl adjacent to an activating group) is 2. The van der Waals surface area contributed by atoms with Gasteiger partial charge in [0.15, 0.2) is 0 Å². The molecule has 1 aliphatic heterocycles. The highest BCUT2D eigenvalue weighted by Crippen LogP contribution is 2.19. The molecule has 0 aromatic rings. The van der Waals surface area contributed by atoms with E-state index in [4.69, 9.17) is 9.47 Å². The van der Waals surface area contributed by atoms with E-state index in [1.165, 1.54) is 0 Å². The minimum absolute atomic E-state index is 0.339. The molecule has 0 saturated carbocycles. The molecule has 1 saturated heterocycles. The Bertz CT molecular complexity index is 172. The van der Waals surface area contributed by atoms with Gasteiger partial charge in [-0.2, -0.15) is 0 Å². The lowest BCUT2D eigenvalue weighted by atomic mass is 10.1. The van der Waals surface area contributed by atoms with Crippen molar-refractivity contribution in [3.63, 3.8) is 0 Å². The smallest absolute Gasteiger partial charge is 0.0703 e. The first-order valence-electron chi connectivity index (χ1n) is 5.67. The normalized spacial score (nSPS) is 28.6. The summed E-state index contributed by atoms with van der Waals surface area (Å²) < 4.78 is 10.8. The minimum Gasteiger partial charge on any atom is -0.383 e.